The average molecular weight is 254 g/mol. The Labute approximate surface area is 48.1 Å². The molecule has 0 radical (unpaired) electrons. The Morgan fingerprint density at radius 1 is 2.00 bits per heavy atom. The summed E-state index contributed by atoms with van der Waals surface area (Å²) in [6.07, 6.45) is 0.656. The van der Waals surface area contributed by atoms with Gasteiger partial charge in [0.15, 0.2) is 0 Å². The van der Waals surface area contributed by atoms with E-state index in [9.17, 15) is 4.79 Å². The molecule has 2 heteroatoms. The van der Waals surface area contributed by atoms with Crippen LogP contribution in [0.1, 0.15) is 13.3 Å². The number of ketones is 1. The number of Topliss-reactive ketones (excluding diaryl/α,β-unsaturated/α-hetero) is 1. The van der Waals surface area contributed by atoms with Gasteiger partial charge in [-0.05, 0) is 0 Å². The Hall–Kier alpha value is 0.228. The van der Waals surface area contributed by atoms with Crippen molar-refractivity contribution in [1.29, 1.82) is 0 Å². The number of rotatable bonds is 2. The molecule has 0 heterocycles. The van der Waals surface area contributed by atoms with Crippen LogP contribution in [0.2, 0.25) is 0 Å². The first-order chi connectivity index (χ1) is 2.81. The van der Waals surface area contributed by atoms with Crippen LogP contribution in [0.15, 0.2) is 0 Å². The first-order valence-electron chi connectivity index (χ1n) is 1.79. The molecule has 0 bridgehead atoms. The first kappa shape index (κ1) is 6.23. The van der Waals surface area contributed by atoms with E-state index >= 15 is 0 Å². The molecule has 0 aromatic heterocycles. The fraction of sp³-hybridized carbons (Fsp3) is 0.500. The van der Waals surface area contributed by atoms with E-state index in [1.165, 1.54) is 19.4 Å². The second-order valence-corrected chi connectivity index (χ2v) is 1.78. The predicted octanol–water partition coefficient (Wildman–Crippen LogP) is 0.315. The predicted molar refractivity (Wildman–Crippen MR) is 21.4 cm³/mol. The number of carbonyl (C=O) groups is 1. The van der Waals surface area contributed by atoms with E-state index in [4.69, 9.17) is 0 Å². The van der Waals surface area contributed by atoms with Crippen molar-refractivity contribution in [2.24, 2.45) is 0 Å². The second kappa shape index (κ2) is 3.42. The molecule has 0 aliphatic heterocycles. The van der Waals surface area contributed by atoms with Gasteiger partial charge < -0.3 is 0 Å². The summed E-state index contributed by atoms with van der Waals surface area (Å²) in [6.45, 7) is 1.86. The number of carbonyl (C=O) groups excluding carboxylic acids is 1. The zero-order valence-electron chi connectivity index (χ0n) is 3.60. The van der Waals surface area contributed by atoms with Gasteiger partial charge in [0, 0.05) is 0 Å². The summed E-state index contributed by atoms with van der Waals surface area (Å²) < 4.78 is 1.67. The van der Waals surface area contributed by atoms with E-state index in [0.717, 1.165) is 0 Å². The molecule has 0 amide bonds. The van der Waals surface area contributed by atoms with Gasteiger partial charge in [-0.25, -0.2) is 0 Å². The number of hydrogen-bond donors (Lipinski definition) is 0. The zero-order valence-corrected chi connectivity index (χ0v) is 6.53. The van der Waals surface area contributed by atoms with Crippen molar-refractivity contribution in [2.45, 2.75) is 13.3 Å². The molecule has 0 fully saturated rings. The second-order valence-electron chi connectivity index (χ2n) is 0.938. The average Bonchev–Trinajstić information content (AvgIpc) is 1.65. The van der Waals surface area contributed by atoms with Gasteiger partial charge in [0.1, 0.15) is 0 Å². The summed E-state index contributed by atoms with van der Waals surface area (Å²) in [4.78, 5) is 10.1. The molecule has 0 rings (SSSR count). The molecule has 0 saturated heterocycles. The third-order valence-electron chi connectivity index (χ3n) is 0.480. The molecule has 0 aromatic carbocycles. The maximum absolute atomic E-state index is 10.1. The van der Waals surface area contributed by atoms with Gasteiger partial charge in [-0.1, -0.05) is 0 Å². The first-order valence-corrected chi connectivity index (χ1v) is 3.48. The van der Waals surface area contributed by atoms with Crippen LogP contribution < -0.4 is 0 Å². The molecule has 0 aromatic rings. The van der Waals surface area contributed by atoms with Crippen LogP contribution in [-0.2, 0) is 24.1 Å². The van der Waals surface area contributed by atoms with E-state index in [1.54, 1.807) is 4.40 Å². The topological polar surface area (TPSA) is 17.1 Å². The molecule has 0 N–H and O–H groups in total. The summed E-state index contributed by atoms with van der Waals surface area (Å²) in [5.74, 6) is 0.255. The monoisotopic (exact) mass is 254 g/mol. The van der Waals surface area contributed by atoms with Gasteiger partial charge >= 0.3 is 47.7 Å². The molecule has 0 spiro atoms. The third kappa shape index (κ3) is 2.46. The quantitative estimate of drug-likeness (QED) is 0.693. The van der Waals surface area contributed by atoms with E-state index in [0.29, 0.717) is 6.42 Å². The molecule has 1 nitrogen and oxygen atoms in total. The number of hydrogen-bond acceptors (Lipinski definition) is 1. The molecule has 34 valence electrons. The Morgan fingerprint density at radius 3 is 2.50 bits per heavy atom. The van der Waals surface area contributed by atoms with Crippen molar-refractivity contribution < 1.29 is 24.1 Å². The Morgan fingerprint density at radius 2 is 2.50 bits per heavy atom. The Bertz CT molecular complexity index is 67.9. The van der Waals surface area contributed by atoms with E-state index < -0.39 is 0 Å². The summed E-state index contributed by atoms with van der Waals surface area (Å²) in [5.41, 5.74) is 0. The summed E-state index contributed by atoms with van der Waals surface area (Å²) in [6, 6.07) is 0. The van der Waals surface area contributed by atoms with Gasteiger partial charge in [-0.15, -0.1) is 0 Å². The fourth-order valence-electron chi connectivity index (χ4n) is 0.0833. The van der Waals surface area contributed by atoms with Gasteiger partial charge in [0.25, 0.3) is 0 Å². The van der Waals surface area contributed by atoms with Crippen molar-refractivity contribution in [3.8, 4) is 0 Å². The van der Waals surface area contributed by atoms with Crippen molar-refractivity contribution in [2.75, 3.05) is 0 Å². The summed E-state index contributed by atoms with van der Waals surface area (Å²) in [7, 11) is 0. The Kier molecular flexibility index (Phi) is 3.55. The van der Waals surface area contributed by atoms with Crippen molar-refractivity contribution in [3.63, 3.8) is 0 Å². The minimum atomic E-state index is 0.255. The summed E-state index contributed by atoms with van der Waals surface area (Å²) >= 11 is 1.25. The van der Waals surface area contributed by atoms with E-state index in [2.05, 4.69) is 0 Å². The minimum absolute atomic E-state index is 0.255. The Balaban J connectivity index is 3.23. The van der Waals surface area contributed by atoms with Crippen LogP contribution >= 0.6 is 0 Å². The van der Waals surface area contributed by atoms with E-state index in [1.807, 2.05) is 6.92 Å². The standard InChI is InChI=1S/C4H6O.W/c1-3-4(2)5;/h2H,3H2,1H3;. The van der Waals surface area contributed by atoms with Gasteiger partial charge in [-0.3, -0.25) is 0 Å². The molecule has 0 unspecified atom stereocenters. The third-order valence-corrected chi connectivity index (χ3v) is 1.42. The summed E-state index contributed by atoms with van der Waals surface area (Å²) in [5, 5.41) is 0. The van der Waals surface area contributed by atoms with Crippen LogP contribution in [0, 0.1) is 0 Å². The maximum atomic E-state index is 10.1. The molecule has 0 aliphatic carbocycles. The zero-order chi connectivity index (χ0) is 4.99. The van der Waals surface area contributed by atoms with Crippen LogP contribution in [0.4, 0.5) is 0 Å². The van der Waals surface area contributed by atoms with Crippen molar-refractivity contribution in [1.82, 2.24) is 0 Å². The van der Waals surface area contributed by atoms with Gasteiger partial charge in [0.05, 0.1) is 0 Å². The van der Waals surface area contributed by atoms with Crippen LogP contribution in [0.5, 0.6) is 0 Å². The van der Waals surface area contributed by atoms with Crippen LogP contribution in [0.25, 0.3) is 0 Å². The normalized spacial score (nSPS) is 7.50. The molecule has 0 saturated carbocycles. The van der Waals surface area contributed by atoms with Crippen molar-refractivity contribution in [3.05, 3.63) is 0 Å². The SMILES string of the molecule is CCC(=O)[CH]=[W]. The molecular formula is C4H6OW. The van der Waals surface area contributed by atoms with E-state index in [-0.39, 0.29) is 5.78 Å². The van der Waals surface area contributed by atoms with Crippen LogP contribution in [-0.4, -0.2) is 10.2 Å². The molecular weight excluding hydrogens is 248 g/mol. The molecule has 0 aliphatic rings. The van der Waals surface area contributed by atoms with Crippen molar-refractivity contribution >= 4 is 10.2 Å². The fourth-order valence-corrected chi connectivity index (χ4v) is 0.682. The molecule has 0 atom stereocenters. The van der Waals surface area contributed by atoms with Gasteiger partial charge in [-0.2, -0.15) is 0 Å². The molecule has 6 heavy (non-hydrogen) atoms. The van der Waals surface area contributed by atoms with Gasteiger partial charge in [0.2, 0.25) is 0 Å². The van der Waals surface area contributed by atoms with Crippen LogP contribution in [0.3, 0.4) is 0 Å².